The molecule has 0 N–H and O–H groups in total. The normalized spacial score (nSPS) is 14.6. The van der Waals surface area contributed by atoms with E-state index < -0.39 is 5.97 Å². The van der Waals surface area contributed by atoms with E-state index in [2.05, 4.69) is 15.9 Å². The van der Waals surface area contributed by atoms with Crippen LogP contribution in [0.15, 0.2) is 94.3 Å². The molecule has 0 aliphatic carbocycles. The Kier molecular flexibility index (Phi) is 6.76. The number of benzene rings is 4. The summed E-state index contributed by atoms with van der Waals surface area (Å²) in [6, 6.07) is 26.1. The van der Waals surface area contributed by atoms with Gasteiger partial charge in [0.15, 0.2) is 0 Å². The highest BCUT2D eigenvalue weighted by Gasteiger charge is 2.35. The summed E-state index contributed by atoms with van der Waals surface area (Å²) in [6.07, 6.45) is 1.59. The first kappa shape index (κ1) is 24.0. The smallest absolute Gasteiger partial charge is 0.343 e. The summed E-state index contributed by atoms with van der Waals surface area (Å²) in [6.45, 7) is 2.12. The average molecular weight is 558 g/mol. The molecule has 2 amide bonds. The fourth-order valence-electron chi connectivity index (χ4n) is 3.87. The number of ether oxygens (including phenoxy) is 1. The number of thioether (sulfide) groups is 1. The van der Waals surface area contributed by atoms with E-state index in [1.807, 2.05) is 61.5 Å². The molecule has 0 unspecified atom stereocenters. The van der Waals surface area contributed by atoms with Gasteiger partial charge in [-0.1, -0.05) is 70.0 Å². The topological polar surface area (TPSA) is 63.7 Å². The van der Waals surface area contributed by atoms with E-state index in [4.69, 9.17) is 4.74 Å². The van der Waals surface area contributed by atoms with Crippen LogP contribution in [0.3, 0.4) is 0 Å². The van der Waals surface area contributed by atoms with E-state index in [9.17, 15) is 14.4 Å². The molecule has 5 rings (SSSR count). The molecule has 178 valence electrons. The lowest BCUT2D eigenvalue weighted by molar-refractivity contribution is -0.123. The summed E-state index contributed by atoms with van der Waals surface area (Å²) in [5.41, 5.74) is 2.84. The van der Waals surface area contributed by atoms with Crippen molar-refractivity contribution >= 4 is 61.7 Å². The highest BCUT2D eigenvalue weighted by molar-refractivity contribution is 9.10. The van der Waals surface area contributed by atoms with Crippen LogP contribution in [0.1, 0.15) is 27.0 Å². The summed E-state index contributed by atoms with van der Waals surface area (Å²) < 4.78 is 6.39. The third-order valence-corrected chi connectivity index (χ3v) is 7.18. The molecule has 1 saturated heterocycles. The molecule has 5 nitrogen and oxygen atoms in total. The quantitative estimate of drug-likeness (QED) is 0.145. The van der Waals surface area contributed by atoms with Crippen LogP contribution in [0.25, 0.3) is 16.8 Å². The number of imide groups is 1. The zero-order chi connectivity index (χ0) is 25.2. The second-order valence-corrected chi connectivity index (χ2v) is 10.3. The van der Waals surface area contributed by atoms with Crippen molar-refractivity contribution in [1.29, 1.82) is 0 Å². The first-order chi connectivity index (χ1) is 17.4. The van der Waals surface area contributed by atoms with E-state index in [1.165, 1.54) is 4.90 Å². The zero-order valence-electron chi connectivity index (χ0n) is 19.2. The third kappa shape index (κ3) is 5.12. The van der Waals surface area contributed by atoms with Crippen molar-refractivity contribution in [2.45, 2.75) is 13.5 Å². The minimum Gasteiger partial charge on any atom is -0.422 e. The van der Waals surface area contributed by atoms with Gasteiger partial charge in [-0.2, -0.15) is 0 Å². The van der Waals surface area contributed by atoms with Gasteiger partial charge in [0.1, 0.15) is 5.75 Å². The monoisotopic (exact) mass is 557 g/mol. The van der Waals surface area contributed by atoms with Crippen LogP contribution in [0.5, 0.6) is 5.75 Å². The van der Waals surface area contributed by atoms with E-state index in [-0.39, 0.29) is 22.6 Å². The maximum Gasteiger partial charge on any atom is 0.343 e. The molecule has 0 radical (unpaired) electrons. The Bertz CT molecular complexity index is 1540. The third-order valence-electron chi connectivity index (χ3n) is 5.78. The number of hydrogen-bond acceptors (Lipinski definition) is 5. The van der Waals surface area contributed by atoms with E-state index >= 15 is 0 Å². The molecule has 1 fully saturated rings. The molecule has 4 aromatic rings. The number of carbonyl (C=O) groups is 3. The van der Waals surface area contributed by atoms with Gasteiger partial charge in [-0.15, -0.1) is 0 Å². The van der Waals surface area contributed by atoms with E-state index in [0.717, 1.165) is 38.1 Å². The first-order valence-electron chi connectivity index (χ1n) is 11.2. The number of nitrogens with zero attached hydrogens (tertiary/aromatic N) is 1. The van der Waals surface area contributed by atoms with Crippen molar-refractivity contribution in [3.63, 3.8) is 0 Å². The fraction of sp³-hybridized carbons (Fsp3) is 0.0690. The standard InChI is InChI=1S/C29H20BrNO4S/c1-18-6-9-21(10-7-18)28(33)35-25-13-12-24(30)15-23(25)16-26-27(32)31(29(34)36-26)17-19-8-11-20-4-2-3-5-22(20)14-19/h2-16H,17H2,1H3/b26-16-. The number of rotatable bonds is 5. The average Bonchev–Trinajstić information content (AvgIpc) is 3.13. The minimum absolute atomic E-state index is 0.181. The van der Waals surface area contributed by atoms with Crippen LogP contribution in [0.2, 0.25) is 0 Å². The molecule has 0 atom stereocenters. The van der Waals surface area contributed by atoms with Gasteiger partial charge in [0.05, 0.1) is 17.0 Å². The van der Waals surface area contributed by atoms with Crippen molar-refractivity contribution in [2.75, 3.05) is 0 Å². The Morgan fingerprint density at radius 3 is 2.47 bits per heavy atom. The number of fused-ring (bicyclic) bond motifs is 1. The Balaban J connectivity index is 1.39. The highest BCUT2D eigenvalue weighted by atomic mass is 79.9. The zero-order valence-corrected chi connectivity index (χ0v) is 21.6. The summed E-state index contributed by atoms with van der Waals surface area (Å²) >= 11 is 4.30. The lowest BCUT2D eigenvalue weighted by atomic mass is 10.1. The minimum atomic E-state index is -0.503. The molecule has 1 aliphatic rings. The van der Waals surface area contributed by atoms with Crippen LogP contribution >= 0.6 is 27.7 Å². The van der Waals surface area contributed by atoms with Crippen LogP contribution in [0, 0.1) is 6.92 Å². The predicted octanol–water partition coefficient (Wildman–Crippen LogP) is 7.37. The molecule has 1 aliphatic heterocycles. The number of esters is 1. The van der Waals surface area contributed by atoms with Crippen LogP contribution < -0.4 is 4.74 Å². The predicted molar refractivity (Wildman–Crippen MR) is 146 cm³/mol. The molecule has 0 saturated carbocycles. The SMILES string of the molecule is Cc1ccc(C(=O)Oc2ccc(Br)cc2/C=C2\SC(=O)N(Cc3ccc4ccccc4c3)C2=O)cc1. The molecular weight excluding hydrogens is 538 g/mol. The molecular formula is C29H20BrNO4S. The van der Waals surface area contributed by atoms with E-state index in [0.29, 0.717) is 16.9 Å². The van der Waals surface area contributed by atoms with Gasteiger partial charge >= 0.3 is 5.97 Å². The van der Waals surface area contributed by atoms with Crippen molar-refractivity contribution in [3.8, 4) is 5.75 Å². The lowest BCUT2D eigenvalue weighted by Crippen LogP contribution is -2.27. The number of aryl methyl sites for hydroxylation is 1. The van der Waals surface area contributed by atoms with Crippen LogP contribution in [-0.2, 0) is 11.3 Å². The van der Waals surface area contributed by atoms with Crippen LogP contribution in [0.4, 0.5) is 4.79 Å². The van der Waals surface area contributed by atoms with Gasteiger partial charge in [-0.3, -0.25) is 14.5 Å². The van der Waals surface area contributed by atoms with Gasteiger partial charge < -0.3 is 4.74 Å². The summed E-state index contributed by atoms with van der Waals surface area (Å²) in [4.78, 5) is 40.1. The maximum absolute atomic E-state index is 13.2. The fourth-order valence-corrected chi connectivity index (χ4v) is 5.08. The number of hydrogen-bond donors (Lipinski definition) is 0. The number of amides is 2. The Labute approximate surface area is 220 Å². The van der Waals surface area contributed by atoms with Crippen molar-refractivity contribution in [3.05, 3.63) is 117 Å². The summed E-state index contributed by atoms with van der Waals surface area (Å²) in [7, 11) is 0. The summed E-state index contributed by atoms with van der Waals surface area (Å²) in [5.74, 6) is -0.588. The van der Waals surface area contributed by atoms with Crippen molar-refractivity contribution in [1.82, 2.24) is 4.90 Å². The molecule has 7 heteroatoms. The highest BCUT2D eigenvalue weighted by Crippen LogP contribution is 2.36. The van der Waals surface area contributed by atoms with Gasteiger partial charge in [-0.25, -0.2) is 4.79 Å². The molecule has 1 heterocycles. The largest absolute Gasteiger partial charge is 0.422 e. The maximum atomic E-state index is 13.2. The second-order valence-electron chi connectivity index (χ2n) is 8.39. The lowest BCUT2D eigenvalue weighted by Gasteiger charge is -2.13. The first-order valence-corrected chi connectivity index (χ1v) is 12.8. The van der Waals surface area contributed by atoms with E-state index in [1.54, 1.807) is 36.4 Å². The molecule has 0 bridgehead atoms. The molecule has 4 aromatic carbocycles. The number of halogens is 1. The molecule has 36 heavy (non-hydrogen) atoms. The molecule has 0 spiro atoms. The van der Waals surface area contributed by atoms with Gasteiger partial charge in [-0.05, 0) is 77.5 Å². The van der Waals surface area contributed by atoms with Gasteiger partial charge in [0.25, 0.3) is 11.1 Å². The Hall–Kier alpha value is -3.68. The number of carbonyl (C=O) groups excluding carboxylic acids is 3. The van der Waals surface area contributed by atoms with Crippen LogP contribution in [-0.4, -0.2) is 22.0 Å². The summed E-state index contributed by atoms with van der Waals surface area (Å²) in [5, 5.41) is 1.80. The Morgan fingerprint density at radius 1 is 0.944 bits per heavy atom. The second kappa shape index (κ2) is 10.1. The van der Waals surface area contributed by atoms with Gasteiger partial charge in [0.2, 0.25) is 0 Å². The van der Waals surface area contributed by atoms with Crippen molar-refractivity contribution in [2.24, 2.45) is 0 Å². The Morgan fingerprint density at radius 2 is 1.69 bits per heavy atom. The van der Waals surface area contributed by atoms with Gasteiger partial charge in [0, 0.05) is 10.0 Å². The molecule has 0 aromatic heterocycles. The van der Waals surface area contributed by atoms with Crippen molar-refractivity contribution < 1.29 is 19.1 Å².